The van der Waals surface area contributed by atoms with Gasteiger partial charge in [0.1, 0.15) is 0 Å². The molecule has 0 aromatic carbocycles. The number of alkyl halides is 6. The Morgan fingerprint density at radius 3 is 1.18 bits per heavy atom. The van der Waals surface area contributed by atoms with Crippen LogP contribution in [-0.2, 0) is 39.5 Å². The van der Waals surface area contributed by atoms with Crippen molar-refractivity contribution in [2.24, 2.45) is 0 Å². The van der Waals surface area contributed by atoms with Crippen LogP contribution in [-0.4, -0.2) is 37.0 Å². The monoisotopic (exact) mass is 432 g/mol. The quantitative estimate of drug-likeness (QED) is 0.372. The summed E-state index contributed by atoms with van der Waals surface area (Å²) in [6.45, 7) is 2.06. The van der Waals surface area contributed by atoms with E-state index in [0.29, 0.717) is 0 Å². The van der Waals surface area contributed by atoms with Gasteiger partial charge in [0.05, 0.1) is 0 Å². The van der Waals surface area contributed by atoms with Gasteiger partial charge in [-0.05, 0) is 0 Å². The largest absolute Gasteiger partial charge is 0.510 e. The fourth-order valence-corrected chi connectivity index (χ4v) is 4.28. The number of nitrogens with zero attached hydrogens (tertiary/aromatic N) is 1. The minimum Gasteiger partial charge on any atom is -0.412 e. The van der Waals surface area contributed by atoms with Crippen molar-refractivity contribution >= 4 is 20.0 Å². The second-order valence-corrected chi connectivity index (χ2v) is 7.16. The molecule has 132 valence electrons. The zero-order valence-corrected chi connectivity index (χ0v) is 15.9. The van der Waals surface area contributed by atoms with Crippen LogP contribution < -0.4 is 0 Å². The average Bonchev–Trinajstić information content (AvgIpc) is 2.21. The molecule has 0 rings (SSSR count). The zero-order chi connectivity index (χ0) is 16.6. The van der Waals surface area contributed by atoms with E-state index in [1.807, 2.05) is 0 Å². The number of hydrogen-bond acceptors (Lipinski definition) is 4. The van der Waals surface area contributed by atoms with Gasteiger partial charge in [-0.25, -0.2) is 26.6 Å². The van der Waals surface area contributed by atoms with Crippen LogP contribution in [0.4, 0.5) is 26.3 Å². The SMILES string of the molecule is CC[C-](CC)N(S(=O)(=O)C(F)(F)F)S(=O)(=O)C(F)(F)F.O.[Zn]. The Labute approximate surface area is 136 Å². The van der Waals surface area contributed by atoms with Gasteiger partial charge in [-0.2, -0.15) is 39.2 Å². The van der Waals surface area contributed by atoms with Crippen molar-refractivity contribution in [3.63, 3.8) is 0 Å². The molecule has 0 aliphatic rings. The van der Waals surface area contributed by atoms with Gasteiger partial charge in [-0.3, -0.25) is 0 Å². The molecule has 22 heavy (non-hydrogen) atoms. The van der Waals surface area contributed by atoms with Crippen LogP contribution >= 0.6 is 0 Å². The van der Waals surface area contributed by atoms with Crippen molar-refractivity contribution in [1.29, 1.82) is 0 Å². The summed E-state index contributed by atoms with van der Waals surface area (Å²) in [5.41, 5.74) is -12.4. The molecule has 0 spiro atoms. The summed E-state index contributed by atoms with van der Waals surface area (Å²) in [7, 11) is -13.4. The standard InChI is InChI=1S/C7H10F6NO4S2.H2O.Zn/c1-3-5(4-2)14(19(15,16)6(8,9)10)20(17,18)7(11,12)13;;/h3-4H2,1-2H3;1H2;/q-1;;. The maximum atomic E-state index is 12.4. The molecule has 2 N–H and O–H groups in total. The normalized spacial score (nSPS) is 13.7. The van der Waals surface area contributed by atoms with E-state index in [1.165, 1.54) is 0 Å². The first kappa shape index (κ1) is 26.9. The Balaban J connectivity index is -0.00000180. The molecule has 0 amide bonds. The third-order valence-corrected chi connectivity index (χ3v) is 5.83. The Morgan fingerprint density at radius 2 is 1.05 bits per heavy atom. The van der Waals surface area contributed by atoms with Gasteiger partial charge < -0.3 is 5.48 Å². The van der Waals surface area contributed by atoms with Gasteiger partial charge in [-0.15, -0.1) is 0 Å². The number of halogens is 6. The van der Waals surface area contributed by atoms with E-state index in [4.69, 9.17) is 0 Å². The summed E-state index contributed by atoms with van der Waals surface area (Å²) in [5, 5.41) is 0. The molecule has 0 saturated heterocycles. The maximum absolute atomic E-state index is 12.4. The Bertz CT molecular complexity index is 495. The molecule has 0 aliphatic heterocycles. The van der Waals surface area contributed by atoms with E-state index < -0.39 is 53.7 Å². The van der Waals surface area contributed by atoms with Crippen LogP contribution in [0.3, 0.4) is 0 Å². The van der Waals surface area contributed by atoms with Crippen LogP contribution in [0.1, 0.15) is 26.7 Å². The van der Waals surface area contributed by atoms with Gasteiger partial charge in [0.25, 0.3) is 20.0 Å². The minimum atomic E-state index is -6.71. The van der Waals surface area contributed by atoms with Crippen LogP contribution in [0.25, 0.3) is 0 Å². The van der Waals surface area contributed by atoms with Crippen molar-refractivity contribution in [1.82, 2.24) is 3.71 Å². The topological polar surface area (TPSA) is 103 Å². The summed E-state index contributed by atoms with van der Waals surface area (Å²) in [4.78, 5) is 0. The van der Waals surface area contributed by atoms with Crippen molar-refractivity contribution in [2.75, 3.05) is 0 Å². The predicted octanol–water partition coefficient (Wildman–Crippen LogP) is 1.51. The van der Waals surface area contributed by atoms with Crippen molar-refractivity contribution in [2.45, 2.75) is 37.7 Å². The van der Waals surface area contributed by atoms with Gasteiger partial charge in [0.15, 0.2) is 0 Å². The molecule has 6 nitrogen and oxygen atoms in total. The van der Waals surface area contributed by atoms with Gasteiger partial charge in [0, 0.05) is 19.5 Å². The van der Waals surface area contributed by atoms with Gasteiger partial charge in [0.2, 0.25) is 0 Å². The van der Waals surface area contributed by atoms with E-state index in [9.17, 15) is 43.2 Å². The second-order valence-electron chi connectivity index (χ2n) is 3.37. The first-order valence-corrected chi connectivity index (χ1v) is 7.80. The third kappa shape index (κ3) is 5.01. The summed E-state index contributed by atoms with van der Waals surface area (Å²) in [6.07, 6.45) is -1.25. The molecule has 0 unspecified atom stereocenters. The van der Waals surface area contributed by atoms with Crippen molar-refractivity contribution in [3.05, 3.63) is 6.04 Å². The number of rotatable bonds is 5. The minimum absolute atomic E-state index is 0. The van der Waals surface area contributed by atoms with Crippen molar-refractivity contribution in [3.8, 4) is 0 Å². The molecule has 0 radical (unpaired) electrons. The number of hydrogen-bond donors (Lipinski definition) is 0. The molecule has 0 heterocycles. The van der Waals surface area contributed by atoms with Crippen LogP contribution in [0.15, 0.2) is 0 Å². The molecule has 0 bridgehead atoms. The summed E-state index contributed by atoms with van der Waals surface area (Å²) in [6, 6.07) is -1.04. The molecule has 0 aromatic rings. The van der Waals surface area contributed by atoms with E-state index >= 15 is 0 Å². The fourth-order valence-electron chi connectivity index (χ4n) is 1.17. The van der Waals surface area contributed by atoms with Crippen LogP contribution in [0.2, 0.25) is 0 Å². The van der Waals surface area contributed by atoms with E-state index in [0.717, 1.165) is 13.8 Å². The number of sulfonamides is 2. The third-order valence-electron chi connectivity index (χ3n) is 2.10. The fraction of sp³-hybridized carbons (Fsp3) is 0.857. The van der Waals surface area contributed by atoms with E-state index in [2.05, 4.69) is 0 Å². The second kappa shape index (κ2) is 8.22. The average molecular weight is 434 g/mol. The van der Waals surface area contributed by atoms with Gasteiger partial charge >= 0.3 is 11.0 Å². The van der Waals surface area contributed by atoms with E-state index in [-0.39, 0.29) is 25.0 Å². The van der Waals surface area contributed by atoms with Crippen molar-refractivity contribution < 1.29 is 68.1 Å². The Morgan fingerprint density at radius 1 is 0.818 bits per heavy atom. The molecular weight excluding hydrogens is 422 g/mol. The van der Waals surface area contributed by atoms with Crippen LogP contribution in [0, 0.1) is 6.04 Å². The smallest absolute Gasteiger partial charge is 0.412 e. The first-order chi connectivity index (χ1) is 8.64. The molecule has 15 heteroatoms. The molecule has 0 atom stereocenters. The predicted molar refractivity (Wildman–Crippen MR) is 59.2 cm³/mol. The molecule has 0 aliphatic carbocycles. The summed E-state index contributed by atoms with van der Waals surface area (Å²) < 4.78 is 117. The summed E-state index contributed by atoms with van der Waals surface area (Å²) >= 11 is 0. The molecule has 0 aromatic heterocycles. The summed E-state index contributed by atoms with van der Waals surface area (Å²) in [5.74, 6) is 0. The van der Waals surface area contributed by atoms with Crippen LogP contribution in [0.5, 0.6) is 0 Å². The molecule has 0 saturated carbocycles. The maximum Gasteiger partial charge on any atom is 0.510 e. The van der Waals surface area contributed by atoms with Gasteiger partial charge in [-0.1, -0.05) is 13.8 Å². The van der Waals surface area contributed by atoms with E-state index in [1.54, 1.807) is 0 Å². The molecular formula is C7H12F6NO5S2Zn-. The Hall–Kier alpha value is 0.0234. The zero-order valence-electron chi connectivity index (χ0n) is 11.3. The first-order valence-electron chi connectivity index (χ1n) is 4.92. The molecule has 0 fully saturated rings. The Kier molecular flexibility index (Phi) is 10.0.